The molecule has 1 atom stereocenters. The van der Waals surface area contributed by atoms with Gasteiger partial charge in [0, 0.05) is 11.7 Å². The molecular formula is C24H24ClN3O4S. The van der Waals surface area contributed by atoms with E-state index in [4.69, 9.17) is 11.6 Å². The topological polar surface area (TPSA) is 104 Å². The molecule has 0 aliphatic heterocycles. The van der Waals surface area contributed by atoms with Crippen molar-refractivity contribution in [3.8, 4) is 0 Å². The fourth-order valence-corrected chi connectivity index (χ4v) is 4.23. The number of sulfonamides is 1. The van der Waals surface area contributed by atoms with Crippen LogP contribution in [0.3, 0.4) is 0 Å². The maximum absolute atomic E-state index is 13.0. The molecule has 0 radical (unpaired) electrons. The van der Waals surface area contributed by atoms with Gasteiger partial charge in [0.1, 0.15) is 0 Å². The van der Waals surface area contributed by atoms with E-state index >= 15 is 0 Å². The first-order chi connectivity index (χ1) is 15.7. The first kappa shape index (κ1) is 24.3. The fraction of sp³-hybridized carbons (Fsp3) is 0.167. The van der Waals surface area contributed by atoms with Crippen LogP contribution in [-0.4, -0.2) is 26.3 Å². The average Bonchev–Trinajstić information content (AvgIpc) is 2.80. The monoisotopic (exact) mass is 485 g/mol. The number of carbonyl (C=O) groups excluding carboxylic acids is 2. The minimum Gasteiger partial charge on any atom is -0.350 e. The summed E-state index contributed by atoms with van der Waals surface area (Å²) < 4.78 is 27.7. The van der Waals surface area contributed by atoms with Gasteiger partial charge < -0.3 is 10.6 Å². The highest BCUT2D eigenvalue weighted by Gasteiger charge is 2.19. The Labute approximate surface area is 198 Å². The maximum atomic E-state index is 13.0. The first-order valence-corrected chi connectivity index (χ1v) is 12.2. The van der Waals surface area contributed by atoms with E-state index in [9.17, 15) is 18.0 Å². The predicted molar refractivity (Wildman–Crippen MR) is 130 cm³/mol. The molecule has 3 N–H and O–H groups in total. The number of amides is 2. The standard InChI is InChI=1S/C24H24ClN3O4S/c1-3-16(2)26-23(29)19-11-7-8-12-22(19)27-24(30)20-15-17(13-14-21(20)25)28-33(31,32)18-9-5-4-6-10-18/h4-16,28H,3H2,1-2H3,(H,26,29)(H,27,30)/t16-/m1/s1. The van der Waals surface area contributed by atoms with Crippen molar-refractivity contribution in [2.24, 2.45) is 0 Å². The number of hydrogen-bond donors (Lipinski definition) is 3. The van der Waals surface area contributed by atoms with Crippen molar-refractivity contribution in [1.29, 1.82) is 0 Å². The zero-order valence-corrected chi connectivity index (χ0v) is 19.7. The SMILES string of the molecule is CC[C@@H](C)NC(=O)c1ccccc1NC(=O)c1cc(NS(=O)(=O)c2ccccc2)ccc1Cl. The Morgan fingerprint density at radius 1 is 0.909 bits per heavy atom. The third-order valence-corrected chi connectivity index (χ3v) is 6.65. The molecule has 7 nitrogen and oxygen atoms in total. The summed E-state index contributed by atoms with van der Waals surface area (Å²) in [5.74, 6) is -0.889. The Morgan fingerprint density at radius 2 is 1.58 bits per heavy atom. The summed E-state index contributed by atoms with van der Waals surface area (Å²) in [6, 6.07) is 18.7. The van der Waals surface area contributed by atoms with Crippen LogP contribution in [0.1, 0.15) is 41.0 Å². The van der Waals surface area contributed by atoms with Crippen LogP contribution in [0.5, 0.6) is 0 Å². The Hall–Kier alpha value is -3.36. The number of rotatable bonds is 8. The quantitative estimate of drug-likeness (QED) is 0.421. The molecular weight excluding hydrogens is 462 g/mol. The second-order valence-corrected chi connectivity index (χ2v) is 9.49. The van der Waals surface area contributed by atoms with Gasteiger partial charge in [0.05, 0.1) is 26.7 Å². The van der Waals surface area contributed by atoms with Crippen molar-refractivity contribution in [3.05, 3.63) is 88.9 Å². The van der Waals surface area contributed by atoms with Crippen LogP contribution in [-0.2, 0) is 10.0 Å². The van der Waals surface area contributed by atoms with E-state index in [0.717, 1.165) is 6.42 Å². The van der Waals surface area contributed by atoms with Crippen molar-refractivity contribution in [2.75, 3.05) is 10.0 Å². The second kappa shape index (κ2) is 10.5. The minimum atomic E-state index is -3.84. The van der Waals surface area contributed by atoms with E-state index in [1.54, 1.807) is 42.5 Å². The number of halogens is 1. The van der Waals surface area contributed by atoms with E-state index in [-0.39, 0.29) is 33.1 Å². The summed E-state index contributed by atoms with van der Waals surface area (Å²) in [6.07, 6.45) is 0.765. The molecule has 0 heterocycles. The van der Waals surface area contributed by atoms with E-state index in [1.807, 2.05) is 13.8 Å². The van der Waals surface area contributed by atoms with Crippen LogP contribution in [0.15, 0.2) is 77.7 Å². The largest absolute Gasteiger partial charge is 0.350 e. The van der Waals surface area contributed by atoms with Crippen LogP contribution in [0.2, 0.25) is 5.02 Å². The van der Waals surface area contributed by atoms with Gasteiger partial charge in [0.25, 0.3) is 21.8 Å². The average molecular weight is 486 g/mol. The maximum Gasteiger partial charge on any atom is 0.261 e. The highest BCUT2D eigenvalue weighted by Crippen LogP contribution is 2.25. The van der Waals surface area contributed by atoms with Crippen molar-refractivity contribution in [3.63, 3.8) is 0 Å². The lowest BCUT2D eigenvalue weighted by Crippen LogP contribution is -2.32. The predicted octanol–water partition coefficient (Wildman–Crippen LogP) is 4.92. The molecule has 3 aromatic rings. The number of carbonyl (C=O) groups is 2. The summed E-state index contributed by atoms with van der Waals surface area (Å²) in [5, 5.41) is 5.70. The smallest absolute Gasteiger partial charge is 0.261 e. The van der Waals surface area contributed by atoms with Gasteiger partial charge in [0.15, 0.2) is 0 Å². The molecule has 9 heteroatoms. The van der Waals surface area contributed by atoms with Crippen LogP contribution in [0.4, 0.5) is 11.4 Å². The zero-order chi connectivity index (χ0) is 24.0. The molecule has 0 unspecified atom stereocenters. The summed E-state index contributed by atoms with van der Waals surface area (Å²) in [6.45, 7) is 3.85. The molecule has 0 fully saturated rings. The van der Waals surface area contributed by atoms with E-state index < -0.39 is 15.9 Å². The molecule has 0 aliphatic rings. The van der Waals surface area contributed by atoms with E-state index in [0.29, 0.717) is 11.3 Å². The second-order valence-electron chi connectivity index (χ2n) is 7.40. The van der Waals surface area contributed by atoms with Gasteiger partial charge in [-0.3, -0.25) is 14.3 Å². The summed E-state index contributed by atoms with van der Waals surface area (Å²) in [5.41, 5.74) is 0.858. The first-order valence-electron chi connectivity index (χ1n) is 10.3. The fourth-order valence-electron chi connectivity index (χ4n) is 2.96. The van der Waals surface area contributed by atoms with Gasteiger partial charge in [-0.2, -0.15) is 0 Å². The Bertz CT molecular complexity index is 1260. The summed E-state index contributed by atoms with van der Waals surface area (Å²) >= 11 is 6.22. The normalized spacial score (nSPS) is 12.0. The number of benzene rings is 3. The number of hydrogen-bond acceptors (Lipinski definition) is 4. The van der Waals surface area contributed by atoms with Crippen molar-refractivity contribution >= 4 is 44.8 Å². The van der Waals surface area contributed by atoms with Gasteiger partial charge in [-0.15, -0.1) is 0 Å². The van der Waals surface area contributed by atoms with Gasteiger partial charge in [-0.25, -0.2) is 8.42 Å². The van der Waals surface area contributed by atoms with Crippen molar-refractivity contribution in [2.45, 2.75) is 31.2 Å². The molecule has 3 aromatic carbocycles. The molecule has 172 valence electrons. The summed E-state index contributed by atoms with van der Waals surface area (Å²) in [4.78, 5) is 25.7. The molecule has 0 saturated carbocycles. The lowest BCUT2D eigenvalue weighted by Gasteiger charge is -2.15. The van der Waals surface area contributed by atoms with Gasteiger partial charge >= 0.3 is 0 Å². The Balaban J connectivity index is 1.84. The third-order valence-electron chi connectivity index (χ3n) is 4.93. The molecule has 0 spiro atoms. The van der Waals surface area contributed by atoms with Crippen LogP contribution in [0, 0.1) is 0 Å². The van der Waals surface area contributed by atoms with Gasteiger partial charge in [-0.05, 0) is 55.8 Å². The lowest BCUT2D eigenvalue weighted by atomic mass is 10.1. The molecule has 2 amide bonds. The number of nitrogens with one attached hydrogen (secondary N) is 3. The molecule has 33 heavy (non-hydrogen) atoms. The van der Waals surface area contributed by atoms with E-state index in [2.05, 4.69) is 15.4 Å². The van der Waals surface area contributed by atoms with Gasteiger partial charge in [0.2, 0.25) is 0 Å². The van der Waals surface area contributed by atoms with Crippen LogP contribution in [0.25, 0.3) is 0 Å². The number of para-hydroxylation sites is 1. The van der Waals surface area contributed by atoms with E-state index in [1.165, 1.54) is 30.3 Å². The molecule has 3 rings (SSSR count). The molecule has 0 saturated heterocycles. The van der Waals surface area contributed by atoms with Crippen LogP contribution < -0.4 is 15.4 Å². The Kier molecular flexibility index (Phi) is 7.73. The van der Waals surface area contributed by atoms with Crippen molar-refractivity contribution in [1.82, 2.24) is 5.32 Å². The van der Waals surface area contributed by atoms with Crippen LogP contribution >= 0.6 is 11.6 Å². The van der Waals surface area contributed by atoms with Gasteiger partial charge in [-0.1, -0.05) is 48.9 Å². The minimum absolute atomic E-state index is 0.0231. The molecule has 0 aromatic heterocycles. The highest BCUT2D eigenvalue weighted by molar-refractivity contribution is 7.92. The number of anilines is 2. The molecule has 0 bridgehead atoms. The Morgan fingerprint density at radius 3 is 2.27 bits per heavy atom. The zero-order valence-electron chi connectivity index (χ0n) is 18.1. The third kappa shape index (κ3) is 6.12. The molecule has 0 aliphatic carbocycles. The lowest BCUT2D eigenvalue weighted by molar-refractivity contribution is 0.0940. The summed E-state index contributed by atoms with van der Waals surface area (Å²) in [7, 11) is -3.84. The van der Waals surface area contributed by atoms with Crippen molar-refractivity contribution < 1.29 is 18.0 Å². The highest BCUT2D eigenvalue weighted by atomic mass is 35.5.